The number of aromatic nitrogens is 5. The Morgan fingerprint density at radius 1 is 1.50 bits per heavy atom. The normalized spacial score (nSPS) is 10.6. The Kier molecular flexibility index (Phi) is 2.80. The molecule has 0 fully saturated rings. The molecule has 0 atom stereocenters. The highest BCUT2D eigenvalue weighted by molar-refractivity contribution is 7.07. The number of aryl methyl sites for hydroxylation is 1. The number of rotatable bonds is 4. The summed E-state index contributed by atoms with van der Waals surface area (Å²) in [6, 6.07) is 0. The fourth-order valence-electron chi connectivity index (χ4n) is 1.10. The summed E-state index contributed by atoms with van der Waals surface area (Å²) in [7, 11) is 0. The molecule has 0 bridgehead atoms. The Balaban J connectivity index is 2.22. The maximum Gasteiger partial charge on any atom is 0.201 e. The van der Waals surface area contributed by atoms with Gasteiger partial charge >= 0.3 is 0 Å². The molecule has 6 nitrogen and oxygen atoms in total. The number of tetrazole rings is 1. The van der Waals surface area contributed by atoms with E-state index in [0.717, 1.165) is 18.7 Å². The molecule has 0 saturated heterocycles. The largest absolute Gasteiger partial charge is 0.330 e. The van der Waals surface area contributed by atoms with E-state index in [0.29, 0.717) is 12.4 Å². The van der Waals surface area contributed by atoms with Crippen LogP contribution in [-0.2, 0) is 6.54 Å². The SMILES string of the molecule is NCCCn1nnnc1-c1cscn1. The molecule has 0 aliphatic carbocycles. The van der Waals surface area contributed by atoms with Crippen molar-refractivity contribution in [3.63, 3.8) is 0 Å². The van der Waals surface area contributed by atoms with Gasteiger partial charge < -0.3 is 5.73 Å². The van der Waals surface area contributed by atoms with Gasteiger partial charge in [0.25, 0.3) is 0 Å². The van der Waals surface area contributed by atoms with Gasteiger partial charge in [-0.05, 0) is 23.4 Å². The van der Waals surface area contributed by atoms with E-state index in [1.165, 1.54) is 11.3 Å². The average Bonchev–Trinajstić information content (AvgIpc) is 2.84. The lowest BCUT2D eigenvalue weighted by Crippen LogP contribution is -2.08. The van der Waals surface area contributed by atoms with Gasteiger partial charge in [0.2, 0.25) is 5.82 Å². The van der Waals surface area contributed by atoms with Crippen molar-refractivity contribution in [1.29, 1.82) is 0 Å². The molecule has 7 heteroatoms. The Morgan fingerprint density at radius 3 is 3.14 bits per heavy atom. The molecule has 0 saturated carbocycles. The third kappa shape index (κ3) is 1.78. The summed E-state index contributed by atoms with van der Waals surface area (Å²) in [4.78, 5) is 4.15. The van der Waals surface area contributed by atoms with Crippen LogP contribution in [0.2, 0.25) is 0 Å². The number of nitrogens with two attached hydrogens (primary N) is 1. The van der Waals surface area contributed by atoms with E-state index < -0.39 is 0 Å². The van der Waals surface area contributed by atoms with E-state index in [4.69, 9.17) is 5.73 Å². The van der Waals surface area contributed by atoms with Crippen molar-refractivity contribution in [2.24, 2.45) is 5.73 Å². The first-order valence-electron chi connectivity index (χ1n) is 4.26. The van der Waals surface area contributed by atoms with Crippen LogP contribution in [-0.4, -0.2) is 31.7 Å². The van der Waals surface area contributed by atoms with Crippen LogP contribution < -0.4 is 5.73 Å². The summed E-state index contributed by atoms with van der Waals surface area (Å²) in [6.07, 6.45) is 0.863. The van der Waals surface area contributed by atoms with Gasteiger partial charge in [0.05, 0.1) is 5.51 Å². The molecule has 0 aliphatic heterocycles. The highest BCUT2D eigenvalue weighted by atomic mass is 32.1. The number of hydrogen-bond acceptors (Lipinski definition) is 6. The molecular formula is C7H10N6S. The third-order valence-corrected chi connectivity index (χ3v) is 2.35. The standard InChI is InChI=1S/C7H10N6S/c8-2-1-3-13-7(10-11-12-13)6-4-14-5-9-6/h4-5H,1-3,8H2. The Morgan fingerprint density at radius 2 is 2.43 bits per heavy atom. The lowest BCUT2D eigenvalue weighted by atomic mass is 10.4. The topological polar surface area (TPSA) is 82.5 Å². The first kappa shape index (κ1) is 9.22. The van der Waals surface area contributed by atoms with E-state index in [-0.39, 0.29) is 0 Å². The zero-order valence-corrected chi connectivity index (χ0v) is 8.31. The molecule has 0 radical (unpaired) electrons. The average molecular weight is 210 g/mol. The monoisotopic (exact) mass is 210 g/mol. The van der Waals surface area contributed by atoms with Gasteiger partial charge in [0.15, 0.2) is 0 Å². The number of hydrogen-bond donors (Lipinski definition) is 1. The zero-order valence-electron chi connectivity index (χ0n) is 7.50. The first-order chi connectivity index (χ1) is 6.92. The lowest BCUT2D eigenvalue weighted by molar-refractivity contribution is 0.568. The van der Waals surface area contributed by atoms with E-state index in [1.807, 2.05) is 5.38 Å². The highest BCUT2D eigenvalue weighted by Crippen LogP contribution is 2.14. The summed E-state index contributed by atoms with van der Waals surface area (Å²) < 4.78 is 1.72. The van der Waals surface area contributed by atoms with Crippen LogP contribution >= 0.6 is 11.3 Å². The molecular weight excluding hydrogens is 200 g/mol. The van der Waals surface area contributed by atoms with Crippen LogP contribution in [0.15, 0.2) is 10.9 Å². The summed E-state index contributed by atoms with van der Waals surface area (Å²) >= 11 is 1.53. The van der Waals surface area contributed by atoms with Gasteiger partial charge in [-0.15, -0.1) is 16.4 Å². The van der Waals surface area contributed by atoms with Gasteiger partial charge in [-0.1, -0.05) is 0 Å². The van der Waals surface area contributed by atoms with Gasteiger partial charge in [-0.2, -0.15) is 0 Å². The summed E-state index contributed by atoms with van der Waals surface area (Å²) in [5.74, 6) is 0.708. The van der Waals surface area contributed by atoms with Crippen LogP contribution in [0.5, 0.6) is 0 Å². The molecule has 0 unspecified atom stereocenters. The van der Waals surface area contributed by atoms with Crippen LogP contribution in [0.3, 0.4) is 0 Å². The summed E-state index contributed by atoms with van der Waals surface area (Å²) in [5, 5.41) is 13.3. The fourth-order valence-corrected chi connectivity index (χ4v) is 1.63. The van der Waals surface area contributed by atoms with E-state index in [2.05, 4.69) is 20.5 Å². The van der Waals surface area contributed by atoms with Crippen LogP contribution in [0.4, 0.5) is 0 Å². The Labute approximate surface area is 84.8 Å². The third-order valence-electron chi connectivity index (χ3n) is 1.77. The van der Waals surface area contributed by atoms with Crippen LogP contribution in [0.1, 0.15) is 6.42 Å². The maximum atomic E-state index is 5.42. The van der Waals surface area contributed by atoms with Crippen molar-refractivity contribution in [3.05, 3.63) is 10.9 Å². The molecule has 0 spiro atoms. The minimum Gasteiger partial charge on any atom is -0.330 e. The minimum atomic E-state index is 0.635. The van der Waals surface area contributed by atoms with E-state index in [1.54, 1.807) is 10.2 Å². The Bertz CT molecular complexity index is 381. The highest BCUT2D eigenvalue weighted by Gasteiger charge is 2.09. The second-order valence-corrected chi connectivity index (χ2v) is 3.46. The van der Waals surface area contributed by atoms with Crippen molar-refractivity contribution in [2.45, 2.75) is 13.0 Å². The predicted molar refractivity (Wildman–Crippen MR) is 52.6 cm³/mol. The fraction of sp³-hybridized carbons (Fsp3) is 0.429. The number of nitrogens with zero attached hydrogens (tertiary/aromatic N) is 5. The molecule has 2 aromatic heterocycles. The second kappa shape index (κ2) is 4.25. The van der Waals surface area contributed by atoms with Gasteiger partial charge in [-0.3, -0.25) is 0 Å². The smallest absolute Gasteiger partial charge is 0.201 e. The molecule has 2 heterocycles. The van der Waals surface area contributed by atoms with Gasteiger partial charge in [-0.25, -0.2) is 9.67 Å². The molecule has 14 heavy (non-hydrogen) atoms. The molecule has 0 aliphatic rings. The summed E-state index contributed by atoms with van der Waals surface area (Å²) in [6.45, 7) is 1.37. The molecule has 2 aromatic rings. The van der Waals surface area contributed by atoms with Crippen molar-refractivity contribution in [2.75, 3.05) is 6.54 Å². The number of thiazole rings is 1. The first-order valence-corrected chi connectivity index (χ1v) is 5.21. The molecule has 2 N–H and O–H groups in total. The summed E-state index contributed by atoms with van der Waals surface area (Å²) in [5.41, 5.74) is 8.00. The molecule has 2 rings (SSSR count). The minimum absolute atomic E-state index is 0.635. The van der Waals surface area contributed by atoms with Crippen LogP contribution in [0, 0.1) is 0 Å². The van der Waals surface area contributed by atoms with Gasteiger partial charge in [0, 0.05) is 11.9 Å². The molecule has 74 valence electrons. The second-order valence-electron chi connectivity index (χ2n) is 2.74. The van der Waals surface area contributed by atoms with E-state index >= 15 is 0 Å². The van der Waals surface area contributed by atoms with Crippen molar-refractivity contribution >= 4 is 11.3 Å². The van der Waals surface area contributed by atoms with Crippen molar-refractivity contribution in [1.82, 2.24) is 25.2 Å². The van der Waals surface area contributed by atoms with Crippen molar-refractivity contribution < 1.29 is 0 Å². The maximum absolute atomic E-state index is 5.42. The quantitative estimate of drug-likeness (QED) is 0.776. The molecule has 0 aromatic carbocycles. The van der Waals surface area contributed by atoms with Crippen molar-refractivity contribution in [3.8, 4) is 11.5 Å². The van der Waals surface area contributed by atoms with E-state index in [9.17, 15) is 0 Å². The van der Waals surface area contributed by atoms with Gasteiger partial charge in [0.1, 0.15) is 5.69 Å². The van der Waals surface area contributed by atoms with Crippen LogP contribution in [0.25, 0.3) is 11.5 Å². The lowest BCUT2D eigenvalue weighted by Gasteiger charge is -1.99. The zero-order chi connectivity index (χ0) is 9.80. The Hall–Kier alpha value is -1.34. The molecule has 0 amide bonds. The predicted octanol–water partition coefficient (Wildman–Crippen LogP) is 0.145.